The second-order valence-corrected chi connectivity index (χ2v) is 5.24. The summed E-state index contributed by atoms with van der Waals surface area (Å²) in [6, 6.07) is 10.9. The number of methoxy groups -OCH3 is 1. The highest BCUT2D eigenvalue weighted by Gasteiger charge is 2.20. The molecule has 2 aromatic carbocycles. The third-order valence-electron chi connectivity index (χ3n) is 3.66. The molecule has 0 radical (unpaired) electrons. The molecule has 0 aliphatic rings. The van der Waals surface area contributed by atoms with E-state index in [2.05, 4.69) is 37.4 Å². The van der Waals surface area contributed by atoms with E-state index >= 15 is 0 Å². The van der Waals surface area contributed by atoms with Crippen LogP contribution in [-0.4, -0.2) is 13.7 Å². The molecule has 1 N–H and O–H groups in total. The van der Waals surface area contributed by atoms with E-state index in [1.54, 1.807) is 19.2 Å². The van der Waals surface area contributed by atoms with Crippen molar-refractivity contribution in [3.8, 4) is 5.75 Å². The van der Waals surface area contributed by atoms with Crippen molar-refractivity contribution in [2.75, 3.05) is 13.7 Å². The van der Waals surface area contributed by atoms with Crippen molar-refractivity contribution < 1.29 is 9.13 Å². The molecular formula is C18H22FNO. The average molecular weight is 287 g/mol. The zero-order chi connectivity index (χ0) is 15.4. The number of benzene rings is 2. The Balaban J connectivity index is 2.58. The summed E-state index contributed by atoms with van der Waals surface area (Å²) in [7, 11) is 1.61. The summed E-state index contributed by atoms with van der Waals surface area (Å²) in [5.74, 6) is 0.447. The number of aryl methyl sites for hydroxylation is 2. The Kier molecular flexibility index (Phi) is 4.97. The molecule has 0 saturated carbocycles. The molecule has 0 saturated heterocycles. The first-order chi connectivity index (χ1) is 10.1. The van der Waals surface area contributed by atoms with Gasteiger partial charge in [-0.05, 0) is 49.7 Å². The van der Waals surface area contributed by atoms with Crippen molar-refractivity contribution in [3.05, 3.63) is 64.5 Å². The van der Waals surface area contributed by atoms with E-state index in [0.717, 1.165) is 17.7 Å². The Bertz CT molecular complexity index is 625. The predicted octanol–water partition coefficient (Wildman–Crippen LogP) is 4.15. The van der Waals surface area contributed by atoms with Crippen LogP contribution < -0.4 is 10.1 Å². The Morgan fingerprint density at radius 2 is 1.86 bits per heavy atom. The summed E-state index contributed by atoms with van der Waals surface area (Å²) in [6.07, 6.45) is 0. The fourth-order valence-corrected chi connectivity index (χ4v) is 2.59. The number of nitrogens with one attached hydrogen (secondary N) is 1. The monoisotopic (exact) mass is 287 g/mol. The maximum Gasteiger partial charge on any atom is 0.124 e. The minimum absolute atomic E-state index is 0.0828. The van der Waals surface area contributed by atoms with Crippen molar-refractivity contribution in [3.63, 3.8) is 0 Å². The summed E-state index contributed by atoms with van der Waals surface area (Å²) in [5.41, 5.74) is 4.35. The number of hydrogen-bond acceptors (Lipinski definition) is 2. The lowest BCUT2D eigenvalue weighted by Crippen LogP contribution is -2.23. The van der Waals surface area contributed by atoms with Gasteiger partial charge in [-0.3, -0.25) is 0 Å². The highest BCUT2D eigenvalue weighted by molar-refractivity contribution is 5.45. The van der Waals surface area contributed by atoms with Gasteiger partial charge >= 0.3 is 0 Å². The van der Waals surface area contributed by atoms with Crippen LogP contribution in [0.15, 0.2) is 36.4 Å². The third-order valence-corrected chi connectivity index (χ3v) is 3.66. The van der Waals surface area contributed by atoms with Gasteiger partial charge in [-0.15, -0.1) is 0 Å². The van der Waals surface area contributed by atoms with Gasteiger partial charge in [0.1, 0.15) is 11.6 Å². The SMILES string of the molecule is CCNC(c1cc(C)ccc1C)c1cc(F)ccc1OC. The number of hydrogen-bond donors (Lipinski definition) is 1. The van der Waals surface area contributed by atoms with Crippen LogP contribution >= 0.6 is 0 Å². The van der Waals surface area contributed by atoms with Crippen LogP contribution in [0, 0.1) is 19.7 Å². The Morgan fingerprint density at radius 3 is 2.52 bits per heavy atom. The highest BCUT2D eigenvalue weighted by atomic mass is 19.1. The molecule has 2 rings (SSSR count). The first-order valence-electron chi connectivity index (χ1n) is 7.20. The van der Waals surface area contributed by atoms with E-state index in [1.807, 2.05) is 6.92 Å². The molecule has 1 unspecified atom stereocenters. The lowest BCUT2D eigenvalue weighted by molar-refractivity contribution is 0.402. The fraction of sp³-hybridized carbons (Fsp3) is 0.333. The lowest BCUT2D eigenvalue weighted by atomic mass is 9.93. The van der Waals surface area contributed by atoms with Gasteiger partial charge in [-0.25, -0.2) is 4.39 Å². The van der Waals surface area contributed by atoms with Crippen LogP contribution in [0.2, 0.25) is 0 Å². The summed E-state index contributed by atoms with van der Waals surface area (Å²) >= 11 is 0. The maximum absolute atomic E-state index is 13.7. The largest absolute Gasteiger partial charge is 0.496 e. The fourth-order valence-electron chi connectivity index (χ4n) is 2.59. The molecule has 21 heavy (non-hydrogen) atoms. The summed E-state index contributed by atoms with van der Waals surface area (Å²) in [6.45, 7) is 6.97. The van der Waals surface area contributed by atoms with E-state index in [9.17, 15) is 4.39 Å². The Morgan fingerprint density at radius 1 is 1.10 bits per heavy atom. The quantitative estimate of drug-likeness (QED) is 0.892. The van der Waals surface area contributed by atoms with Gasteiger partial charge in [-0.1, -0.05) is 30.7 Å². The topological polar surface area (TPSA) is 21.3 Å². The number of rotatable bonds is 5. The van der Waals surface area contributed by atoms with E-state index < -0.39 is 0 Å². The van der Waals surface area contributed by atoms with E-state index in [1.165, 1.54) is 17.2 Å². The molecule has 0 amide bonds. The Hall–Kier alpha value is -1.87. The van der Waals surface area contributed by atoms with Gasteiger partial charge in [0.25, 0.3) is 0 Å². The summed E-state index contributed by atoms with van der Waals surface area (Å²) in [5, 5.41) is 3.44. The number of halogens is 1. The van der Waals surface area contributed by atoms with Crippen LogP contribution in [0.5, 0.6) is 5.75 Å². The maximum atomic E-state index is 13.7. The minimum Gasteiger partial charge on any atom is -0.496 e. The van der Waals surface area contributed by atoms with Gasteiger partial charge in [0.05, 0.1) is 13.2 Å². The zero-order valence-corrected chi connectivity index (χ0v) is 13.0. The molecule has 0 bridgehead atoms. The van der Waals surface area contributed by atoms with E-state index in [0.29, 0.717) is 5.75 Å². The van der Waals surface area contributed by atoms with Gasteiger partial charge in [-0.2, -0.15) is 0 Å². The van der Waals surface area contributed by atoms with Crippen LogP contribution in [0.4, 0.5) is 4.39 Å². The average Bonchev–Trinajstić information content (AvgIpc) is 2.47. The molecule has 3 heteroatoms. The first-order valence-corrected chi connectivity index (χ1v) is 7.20. The molecule has 112 valence electrons. The van der Waals surface area contributed by atoms with Crippen LogP contribution in [0.25, 0.3) is 0 Å². The second kappa shape index (κ2) is 6.72. The first kappa shape index (κ1) is 15.5. The zero-order valence-electron chi connectivity index (χ0n) is 13.0. The predicted molar refractivity (Wildman–Crippen MR) is 84.4 cm³/mol. The summed E-state index contributed by atoms with van der Waals surface area (Å²) < 4.78 is 19.1. The van der Waals surface area contributed by atoms with Crippen molar-refractivity contribution >= 4 is 0 Å². The molecule has 0 heterocycles. The van der Waals surface area contributed by atoms with Crippen LogP contribution in [0.3, 0.4) is 0 Å². The molecule has 0 fully saturated rings. The molecule has 0 aliphatic carbocycles. The molecular weight excluding hydrogens is 265 g/mol. The molecule has 0 spiro atoms. The van der Waals surface area contributed by atoms with Crippen molar-refractivity contribution in [2.24, 2.45) is 0 Å². The van der Waals surface area contributed by atoms with Gasteiger partial charge in [0.15, 0.2) is 0 Å². The van der Waals surface area contributed by atoms with Crippen LogP contribution in [-0.2, 0) is 0 Å². The Labute approximate surface area is 126 Å². The van der Waals surface area contributed by atoms with E-state index in [4.69, 9.17) is 4.74 Å². The van der Waals surface area contributed by atoms with Crippen LogP contribution in [0.1, 0.15) is 35.2 Å². The van der Waals surface area contributed by atoms with E-state index in [-0.39, 0.29) is 11.9 Å². The molecule has 0 aliphatic heterocycles. The lowest BCUT2D eigenvalue weighted by Gasteiger charge is -2.23. The minimum atomic E-state index is -0.251. The smallest absolute Gasteiger partial charge is 0.124 e. The molecule has 1 atom stereocenters. The van der Waals surface area contributed by atoms with Crippen molar-refractivity contribution in [1.82, 2.24) is 5.32 Å². The molecule has 2 nitrogen and oxygen atoms in total. The second-order valence-electron chi connectivity index (χ2n) is 5.24. The van der Waals surface area contributed by atoms with Crippen molar-refractivity contribution in [1.29, 1.82) is 0 Å². The number of ether oxygens (including phenoxy) is 1. The standard InChI is InChI=1S/C18H22FNO/c1-5-20-18(15-10-12(2)6-7-13(15)3)16-11-14(19)8-9-17(16)21-4/h6-11,18,20H,5H2,1-4H3. The normalized spacial score (nSPS) is 12.2. The molecule has 2 aromatic rings. The highest BCUT2D eigenvalue weighted by Crippen LogP contribution is 2.32. The van der Waals surface area contributed by atoms with Gasteiger partial charge < -0.3 is 10.1 Å². The van der Waals surface area contributed by atoms with Gasteiger partial charge in [0, 0.05) is 5.56 Å². The molecule has 0 aromatic heterocycles. The third kappa shape index (κ3) is 3.42. The summed E-state index contributed by atoms with van der Waals surface area (Å²) in [4.78, 5) is 0. The van der Waals surface area contributed by atoms with Crippen molar-refractivity contribution in [2.45, 2.75) is 26.8 Å². The van der Waals surface area contributed by atoms with Gasteiger partial charge in [0.2, 0.25) is 0 Å².